The van der Waals surface area contributed by atoms with Crippen molar-refractivity contribution >= 4 is 34.0 Å². The zero-order valence-electron chi connectivity index (χ0n) is 7.47. The molecule has 0 atom stereocenters. The maximum Gasteiger partial charge on any atom is 0.177 e. The number of halogens is 3. The van der Waals surface area contributed by atoms with Crippen molar-refractivity contribution in [1.82, 2.24) is 0 Å². The average molecular weight is 340 g/mol. The summed E-state index contributed by atoms with van der Waals surface area (Å²) in [7, 11) is 1.96. The number of nitrogens with zero attached hydrogens (tertiary/aromatic N) is 1. The number of aromatic nitrogens is 1. The van der Waals surface area contributed by atoms with Crippen LogP contribution in [0.1, 0.15) is 0 Å². The molecule has 0 aliphatic heterocycles. The summed E-state index contributed by atoms with van der Waals surface area (Å²) in [6, 6.07) is 5.79. The Kier molecular flexibility index (Phi) is 3.98. The summed E-state index contributed by atoms with van der Waals surface area (Å²) in [5.74, 6) is 0. The van der Waals surface area contributed by atoms with Crippen LogP contribution in [0.3, 0.4) is 0 Å². The molecule has 0 unspecified atom stereocenters. The van der Waals surface area contributed by atoms with Gasteiger partial charge in [-0.05, 0) is 11.5 Å². The van der Waals surface area contributed by atoms with E-state index < -0.39 is 0 Å². The Morgan fingerprint density at radius 3 is 2.57 bits per heavy atom. The predicted molar refractivity (Wildman–Crippen MR) is 55.1 cm³/mol. The van der Waals surface area contributed by atoms with Gasteiger partial charge in [0.05, 0.1) is 15.4 Å². The Balaban J connectivity index is 0.000000980. The highest BCUT2D eigenvalue weighted by molar-refractivity contribution is 6.45. The van der Waals surface area contributed by atoms with E-state index in [-0.39, 0.29) is 24.0 Å². The van der Waals surface area contributed by atoms with Crippen LogP contribution in [-0.2, 0) is 7.05 Å². The number of hydrogen-bond donors (Lipinski definition) is 0. The van der Waals surface area contributed by atoms with Crippen molar-refractivity contribution in [2.24, 2.45) is 7.05 Å². The summed E-state index contributed by atoms with van der Waals surface area (Å²) in [5, 5.41) is 3.31. The average Bonchev–Trinajstić information content (AvgIpc) is 2.12. The Morgan fingerprint density at radius 2 is 1.86 bits per heavy atom. The monoisotopic (exact) mass is 339 g/mol. The first kappa shape index (κ1) is 12.0. The molecule has 1 aromatic heterocycles. The fraction of sp³-hybridized carbons (Fsp3) is 0.100. The number of hydrogen-bond acceptors (Lipinski definition) is 0. The highest BCUT2D eigenvalue weighted by Crippen LogP contribution is 2.29. The number of rotatable bonds is 0. The van der Waals surface area contributed by atoms with Crippen molar-refractivity contribution in [2.75, 3.05) is 0 Å². The third-order valence-corrected chi connectivity index (χ3v) is 2.81. The van der Waals surface area contributed by atoms with Crippen molar-refractivity contribution < 1.29 is 28.5 Å². The molecule has 2 aromatic rings. The standard InChI is InChI=1S/C10H8Cl2N.HI/c1-13-5-4-7-2-3-9(11)10(12)8(7)6-13;/h2-6H,1H3;1H/q+1;/p-1. The molecule has 0 aliphatic rings. The van der Waals surface area contributed by atoms with Crippen LogP contribution in [0.25, 0.3) is 10.8 Å². The minimum atomic E-state index is 0. The molecule has 0 N–H and O–H groups in total. The van der Waals surface area contributed by atoms with E-state index in [1.165, 1.54) is 0 Å². The largest absolute Gasteiger partial charge is 1.00 e. The van der Waals surface area contributed by atoms with E-state index in [1.54, 1.807) is 0 Å². The van der Waals surface area contributed by atoms with Crippen molar-refractivity contribution in [1.29, 1.82) is 0 Å². The van der Waals surface area contributed by atoms with Crippen molar-refractivity contribution in [3.05, 3.63) is 40.6 Å². The Morgan fingerprint density at radius 1 is 1.14 bits per heavy atom. The molecular weight excluding hydrogens is 332 g/mol. The van der Waals surface area contributed by atoms with Gasteiger partial charge in [0.1, 0.15) is 7.05 Å². The summed E-state index contributed by atoms with van der Waals surface area (Å²) >= 11 is 12.0. The third-order valence-electron chi connectivity index (χ3n) is 1.99. The lowest BCUT2D eigenvalue weighted by Crippen LogP contribution is -3.00. The van der Waals surface area contributed by atoms with E-state index in [0.29, 0.717) is 10.0 Å². The molecule has 14 heavy (non-hydrogen) atoms. The smallest absolute Gasteiger partial charge is 0.177 e. The lowest BCUT2D eigenvalue weighted by Gasteiger charge is -1.99. The van der Waals surface area contributed by atoms with E-state index in [2.05, 4.69) is 0 Å². The molecular formula is C10H8Cl2IN. The van der Waals surface area contributed by atoms with Gasteiger partial charge in [-0.2, -0.15) is 0 Å². The summed E-state index contributed by atoms with van der Waals surface area (Å²) in [5.41, 5.74) is 0. The van der Waals surface area contributed by atoms with Gasteiger partial charge >= 0.3 is 0 Å². The normalized spacial score (nSPS) is 9.93. The second-order valence-electron chi connectivity index (χ2n) is 2.97. The summed E-state index contributed by atoms with van der Waals surface area (Å²) in [6.45, 7) is 0. The zero-order valence-corrected chi connectivity index (χ0v) is 11.1. The number of pyridine rings is 1. The maximum absolute atomic E-state index is 6.05. The SMILES string of the molecule is C[n+]1ccc2ccc(Cl)c(Cl)c2c1.[I-]. The molecule has 0 fully saturated rings. The topological polar surface area (TPSA) is 3.88 Å². The van der Waals surface area contributed by atoms with Gasteiger partial charge in [-0.15, -0.1) is 0 Å². The first-order chi connectivity index (χ1) is 6.18. The van der Waals surface area contributed by atoms with Crippen molar-refractivity contribution in [3.8, 4) is 0 Å². The predicted octanol–water partition coefficient (Wildman–Crippen LogP) is -0.0249. The fourth-order valence-electron chi connectivity index (χ4n) is 1.30. The van der Waals surface area contributed by atoms with Gasteiger partial charge in [0, 0.05) is 6.07 Å². The molecule has 4 heteroatoms. The van der Waals surface area contributed by atoms with Crippen LogP contribution in [-0.4, -0.2) is 0 Å². The lowest BCUT2D eigenvalue weighted by molar-refractivity contribution is -0.670. The third kappa shape index (κ3) is 2.12. The number of fused-ring (bicyclic) bond motifs is 1. The van der Waals surface area contributed by atoms with Gasteiger partial charge in [0.15, 0.2) is 12.4 Å². The van der Waals surface area contributed by atoms with E-state index >= 15 is 0 Å². The molecule has 1 nitrogen and oxygen atoms in total. The molecule has 0 bridgehead atoms. The van der Waals surface area contributed by atoms with Crippen LogP contribution in [0, 0.1) is 0 Å². The van der Waals surface area contributed by atoms with Crippen LogP contribution in [0.4, 0.5) is 0 Å². The molecule has 1 aromatic carbocycles. The zero-order chi connectivity index (χ0) is 9.42. The summed E-state index contributed by atoms with van der Waals surface area (Å²) in [4.78, 5) is 0. The first-order valence-electron chi connectivity index (χ1n) is 3.91. The van der Waals surface area contributed by atoms with Crippen LogP contribution >= 0.6 is 23.2 Å². The molecule has 0 spiro atoms. The summed E-state index contributed by atoms with van der Waals surface area (Å²) < 4.78 is 1.95. The lowest BCUT2D eigenvalue weighted by atomic mass is 10.2. The van der Waals surface area contributed by atoms with Gasteiger partial charge < -0.3 is 24.0 Å². The number of aryl methyl sites for hydroxylation is 1. The van der Waals surface area contributed by atoms with E-state index in [0.717, 1.165) is 10.8 Å². The van der Waals surface area contributed by atoms with Gasteiger partial charge in [0.2, 0.25) is 0 Å². The molecule has 0 saturated carbocycles. The summed E-state index contributed by atoms with van der Waals surface area (Å²) in [6.07, 6.45) is 3.94. The molecule has 74 valence electrons. The van der Waals surface area contributed by atoms with Crippen LogP contribution in [0.15, 0.2) is 30.6 Å². The van der Waals surface area contributed by atoms with Crippen LogP contribution in [0.5, 0.6) is 0 Å². The second-order valence-corrected chi connectivity index (χ2v) is 3.76. The minimum absolute atomic E-state index is 0. The van der Waals surface area contributed by atoms with E-state index in [9.17, 15) is 0 Å². The van der Waals surface area contributed by atoms with Gasteiger partial charge in [-0.25, -0.2) is 4.57 Å². The van der Waals surface area contributed by atoms with Crippen molar-refractivity contribution in [2.45, 2.75) is 0 Å². The molecule has 0 aliphatic carbocycles. The van der Waals surface area contributed by atoms with E-state index in [4.69, 9.17) is 23.2 Å². The minimum Gasteiger partial charge on any atom is -1.00 e. The fourth-order valence-corrected chi connectivity index (χ4v) is 1.69. The number of benzene rings is 1. The Hall–Kier alpha value is -0.0600. The second kappa shape index (κ2) is 4.64. The highest BCUT2D eigenvalue weighted by atomic mass is 127. The van der Waals surface area contributed by atoms with Crippen LogP contribution < -0.4 is 28.5 Å². The molecule has 0 amide bonds. The first-order valence-corrected chi connectivity index (χ1v) is 4.67. The quantitative estimate of drug-likeness (QED) is 0.469. The van der Waals surface area contributed by atoms with Gasteiger partial charge in [-0.1, -0.05) is 29.3 Å². The molecule has 2 rings (SSSR count). The molecule has 0 saturated heterocycles. The van der Waals surface area contributed by atoms with E-state index in [1.807, 2.05) is 42.2 Å². The molecule has 0 radical (unpaired) electrons. The highest BCUT2D eigenvalue weighted by Gasteiger charge is 2.06. The Labute approximate surface area is 110 Å². The van der Waals surface area contributed by atoms with Crippen LogP contribution in [0.2, 0.25) is 10.0 Å². The van der Waals surface area contributed by atoms with Crippen molar-refractivity contribution in [3.63, 3.8) is 0 Å². The Bertz CT molecular complexity index is 466. The molecule has 1 heterocycles. The van der Waals surface area contributed by atoms with Gasteiger partial charge in [0.25, 0.3) is 0 Å². The maximum atomic E-state index is 6.05. The van der Waals surface area contributed by atoms with Gasteiger partial charge in [-0.3, -0.25) is 0 Å².